The molecule has 0 unspecified atom stereocenters. The number of aromatic nitrogens is 3. The lowest BCUT2D eigenvalue weighted by atomic mass is 10.1. The van der Waals surface area contributed by atoms with E-state index in [1.165, 1.54) is 4.68 Å². The normalized spacial score (nSPS) is 11.0. The Labute approximate surface area is 184 Å². The number of fused-ring (bicyclic) bond motifs is 2. The number of hydrogen-bond donors (Lipinski definition) is 1. The minimum absolute atomic E-state index is 0.184. The van der Waals surface area contributed by atoms with Gasteiger partial charge in [-0.3, -0.25) is 14.6 Å². The fourth-order valence-corrected chi connectivity index (χ4v) is 3.78. The summed E-state index contributed by atoms with van der Waals surface area (Å²) in [5.41, 5.74) is 1.76. The molecular weight excluding hydrogens is 400 g/mol. The first-order valence-corrected chi connectivity index (χ1v) is 10.3. The Hall–Kier alpha value is -4.32. The second-order valence-electron chi connectivity index (χ2n) is 7.52. The third-order valence-electron chi connectivity index (χ3n) is 5.41. The van der Waals surface area contributed by atoms with Crippen LogP contribution < -0.4 is 10.9 Å². The molecule has 0 saturated carbocycles. The van der Waals surface area contributed by atoms with Crippen LogP contribution >= 0.6 is 0 Å². The lowest BCUT2D eigenvalue weighted by molar-refractivity contribution is 0.0950. The van der Waals surface area contributed by atoms with Crippen molar-refractivity contribution in [2.75, 3.05) is 0 Å². The van der Waals surface area contributed by atoms with Crippen LogP contribution in [0.5, 0.6) is 0 Å². The van der Waals surface area contributed by atoms with E-state index in [4.69, 9.17) is 0 Å². The van der Waals surface area contributed by atoms with Crippen molar-refractivity contribution in [2.45, 2.75) is 13.1 Å². The molecular formula is C26H20N4O2. The molecule has 1 amide bonds. The molecule has 0 saturated heterocycles. The van der Waals surface area contributed by atoms with Crippen LogP contribution in [-0.4, -0.2) is 20.7 Å². The van der Waals surface area contributed by atoms with E-state index in [9.17, 15) is 9.59 Å². The Morgan fingerprint density at radius 2 is 1.59 bits per heavy atom. The molecule has 6 nitrogen and oxygen atoms in total. The maximum atomic E-state index is 13.0. The number of nitrogens with one attached hydrogen (secondary N) is 1. The Bertz CT molecular complexity index is 1490. The topological polar surface area (TPSA) is 76.9 Å². The third kappa shape index (κ3) is 3.86. The quantitative estimate of drug-likeness (QED) is 0.468. The predicted molar refractivity (Wildman–Crippen MR) is 124 cm³/mol. The smallest absolute Gasteiger partial charge is 0.275 e. The van der Waals surface area contributed by atoms with E-state index in [1.54, 1.807) is 12.3 Å². The third-order valence-corrected chi connectivity index (χ3v) is 5.41. The lowest BCUT2D eigenvalue weighted by Crippen LogP contribution is -2.29. The fraction of sp³-hybridized carbons (Fsp3) is 0.0769. The molecule has 6 heteroatoms. The number of amides is 1. The molecule has 0 aliphatic heterocycles. The number of nitrogens with zero attached hydrogens (tertiary/aromatic N) is 3. The molecule has 5 aromatic rings. The van der Waals surface area contributed by atoms with Crippen molar-refractivity contribution >= 4 is 27.5 Å². The van der Waals surface area contributed by atoms with Crippen molar-refractivity contribution in [3.63, 3.8) is 0 Å². The molecule has 2 aromatic heterocycles. The van der Waals surface area contributed by atoms with E-state index < -0.39 is 0 Å². The van der Waals surface area contributed by atoms with Gasteiger partial charge in [0.05, 0.1) is 29.9 Å². The largest absolute Gasteiger partial charge is 0.346 e. The average Bonchev–Trinajstić information content (AvgIpc) is 2.85. The molecule has 0 radical (unpaired) electrons. The highest BCUT2D eigenvalue weighted by molar-refractivity contribution is 5.98. The second kappa shape index (κ2) is 8.43. The van der Waals surface area contributed by atoms with Gasteiger partial charge in [0.2, 0.25) is 0 Å². The number of carbonyl (C=O) groups is 1. The van der Waals surface area contributed by atoms with Gasteiger partial charge < -0.3 is 5.32 Å². The van der Waals surface area contributed by atoms with E-state index in [2.05, 4.69) is 15.4 Å². The van der Waals surface area contributed by atoms with E-state index in [0.29, 0.717) is 16.6 Å². The summed E-state index contributed by atoms with van der Waals surface area (Å²) in [6.45, 7) is 0.463. The molecule has 0 bridgehead atoms. The van der Waals surface area contributed by atoms with Gasteiger partial charge in [-0.15, -0.1) is 0 Å². The first-order valence-electron chi connectivity index (χ1n) is 10.3. The highest BCUT2D eigenvalue weighted by Gasteiger charge is 2.13. The zero-order valence-corrected chi connectivity index (χ0v) is 17.2. The van der Waals surface area contributed by atoms with Crippen LogP contribution in [0.1, 0.15) is 21.7 Å². The molecule has 0 fully saturated rings. The Balaban J connectivity index is 1.45. The average molecular weight is 420 g/mol. The van der Waals surface area contributed by atoms with Crippen molar-refractivity contribution in [1.29, 1.82) is 0 Å². The summed E-state index contributed by atoms with van der Waals surface area (Å²) in [5.74, 6) is -0.191. The van der Waals surface area contributed by atoms with Crippen LogP contribution in [0.15, 0.2) is 95.9 Å². The Morgan fingerprint density at radius 1 is 0.844 bits per heavy atom. The van der Waals surface area contributed by atoms with Gasteiger partial charge in [0.1, 0.15) is 0 Å². The maximum Gasteiger partial charge on any atom is 0.275 e. The van der Waals surface area contributed by atoms with E-state index in [-0.39, 0.29) is 24.6 Å². The maximum absolute atomic E-state index is 13.0. The monoisotopic (exact) mass is 420 g/mol. The van der Waals surface area contributed by atoms with Gasteiger partial charge in [-0.2, -0.15) is 5.10 Å². The first kappa shape index (κ1) is 19.6. The predicted octanol–water partition coefficient (Wildman–Crippen LogP) is 3.92. The van der Waals surface area contributed by atoms with Gasteiger partial charge in [-0.25, -0.2) is 4.68 Å². The van der Waals surface area contributed by atoms with Gasteiger partial charge in [-0.05, 0) is 41.1 Å². The molecule has 0 atom stereocenters. The lowest BCUT2D eigenvalue weighted by Gasteiger charge is -2.12. The van der Waals surface area contributed by atoms with Crippen LogP contribution in [-0.2, 0) is 13.1 Å². The number of hydrogen-bond acceptors (Lipinski definition) is 4. The fourth-order valence-electron chi connectivity index (χ4n) is 3.78. The minimum Gasteiger partial charge on any atom is -0.346 e. The molecule has 1 N–H and O–H groups in total. The summed E-state index contributed by atoms with van der Waals surface area (Å²) < 4.78 is 1.40. The van der Waals surface area contributed by atoms with E-state index in [0.717, 1.165) is 21.9 Å². The van der Waals surface area contributed by atoms with Crippen LogP contribution in [0.25, 0.3) is 21.5 Å². The minimum atomic E-state index is -0.191. The molecule has 0 aliphatic carbocycles. The van der Waals surface area contributed by atoms with Crippen molar-refractivity contribution in [1.82, 2.24) is 20.1 Å². The zero-order chi connectivity index (χ0) is 21.9. The summed E-state index contributed by atoms with van der Waals surface area (Å²) in [7, 11) is 0. The molecule has 0 spiro atoms. The van der Waals surface area contributed by atoms with Crippen molar-refractivity contribution in [3.8, 4) is 0 Å². The first-order chi connectivity index (χ1) is 15.7. The van der Waals surface area contributed by atoms with Crippen LogP contribution in [0, 0.1) is 0 Å². The SMILES string of the molecule is O=C(NCc1nn(Cc2ccccn2)c(=O)c2ccccc12)c1ccc2ccccc2c1. The molecule has 2 heterocycles. The summed E-state index contributed by atoms with van der Waals surface area (Å²) in [4.78, 5) is 30.1. The molecule has 5 rings (SSSR count). The Morgan fingerprint density at radius 3 is 2.41 bits per heavy atom. The Kier molecular flexibility index (Phi) is 5.17. The standard InChI is InChI=1S/C26H20N4O2/c31-25(20-13-12-18-7-1-2-8-19(18)15-20)28-16-24-22-10-3-4-11-23(22)26(32)30(29-24)17-21-9-5-6-14-27-21/h1-15H,16-17H2,(H,28,31). The number of pyridine rings is 1. The second-order valence-corrected chi connectivity index (χ2v) is 7.52. The number of carbonyl (C=O) groups excluding carboxylic acids is 1. The van der Waals surface area contributed by atoms with Crippen LogP contribution in [0.4, 0.5) is 0 Å². The van der Waals surface area contributed by atoms with E-state index >= 15 is 0 Å². The van der Waals surface area contributed by atoms with Crippen molar-refractivity contribution in [3.05, 3.63) is 118 Å². The molecule has 3 aromatic carbocycles. The summed E-state index contributed by atoms with van der Waals surface area (Å²) in [6.07, 6.45) is 1.69. The molecule has 0 aliphatic rings. The van der Waals surface area contributed by atoms with Gasteiger partial charge >= 0.3 is 0 Å². The van der Waals surface area contributed by atoms with Crippen LogP contribution in [0.2, 0.25) is 0 Å². The highest BCUT2D eigenvalue weighted by atomic mass is 16.1. The van der Waals surface area contributed by atoms with Crippen molar-refractivity contribution in [2.24, 2.45) is 0 Å². The summed E-state index contributed by atoms with van der Waals surface area (Å²) >= 11 is 0. The van der Waals surface area contributed by atoms with Gasteiger partial charge in [0.15, 0.2) is 0 Å². The number of rotatable bonds is 5. The number of benzene rings is 3. The van der Waals surface area contributed by atoms with Crippen molar-refractivity contribution < 1.29 is 4.79 Å². The van der Waals surface area contributed by atoms with Gasteiger partial charge in [0.25, 0.3) is 11.5 Å². The molecule has 156 valence electrons. The highest BCUT2D eigenvalue weighted by Crippen LogP contribution is 2.17. The zero-order valence-electron chi connectivity index (χ0n) is 17.2. The molecule has 32 heavy (non-hydrogen) atoms. The van der Waals surface area contributed by atoms with Gasteiger partial charge in [0, 0.05) is 17.1 Å². The van der Waals surface area contributed by atoms with Crippen LogP contribution in [0.3, 0.4) is 0 Å². The van der Waals surface area contributed by atoms with E-state index in [1.807, 2.05) is 78.9 Å². The summed E-state index contributed by atoms with van der Waals surface area (Å²) in [5, 5.41) is 10.9. The summed E-state index contributed by atoms with van der Waals surface area (Å²) in [6, 6.07) is 26.4. The van der Waals surface area contributed by atoms with Gasteiger partial charge in [-0.1, -0.05) is 54.6 Å².